The number of rotatable bonds is 5. The molecule has 4 nitrogen and oxygen atoms in total. The zero-order valence-corrected chi connectivity index (χ0v) is 16.2. The van der Waals surface area contributed by atoms with Crippen molar-refractivity contribution in [2.24, 2.45) is 0 Å². The minimum Gasteiger partial charge on any atom is -0.480 e. The second-order valence-corrected chi connectivity index (χ2v) is 7.30. The fraction of sp³-hybridized carbons (Fsp3) is 0.0769. The number of hydrogen-bond acceptors (Lipinski definition) is 2. The Hall–Kier alpha value is -3.92. The molecule has 1 unspecified atom stereocenters. The van der Waals surface area contributed by atoms with Gasteiger partial charge in [0.05, 0.1) is 5.56 Å². The van der Waals surface area contributed by atoms with Gasteiger partial charge in [0.25, 0.3) is 0 Å². The van der Waals surface area contributed by atoms with Gasteiger partial charge in [0.15, 0.2) is 0 Å². The van der Waals surface area contributed by atoms with E-state index in [0.29, 0.717) is 6.42 Å². The number of benzene rings is 3. The first-order chi connectivity index (χ1) is 14.5. The van der Waals surface area contributed by atoms with Crippen molar-refractivity contribution >= 4 is 17.5 Å². The molecular formula is C26H20O4. The molecule has 1 atom stereocenters. The fourth-order valence-corrected chi connectivity index (χ4v) is 3.75. The van der Waals surface area contributed by atoms with E-state index in [1.54, 1.807) is 30.3 Å². The van der Waals surface area contributed by atoms with Gasteiger partial charge in [-0.25, -0.2) is 4.79 Å². The number of carboxylic acids is 2. The average Bonchev–Trinajstić information content (AvgIpc) is 2.80. The second kappa shape index (κ2) is 7.84. The van der Waals surface area contributed by atoms with Crippen molar-refractivity contribution in [3.8, 4) is 11.1 Å². The minimum absolute atomic E-state index is 0.258. The first-order valence-corrected chi connectivity index (χ1v) is 9.62. The summed E-state index contributed by atoms with van der Waals surface area (Å²) in [5.74, 6) is -1.80. The predicted molar refractivity (Wildman–Crippen MR) is 116 cm³/mol. The van der Waals surface area contributed by atoms with Crippen LogP contribution in [0.5, 0.6) is 0 Å². The summed E-state index contributed by atoms with van der Waals surface area (Å²) >= 11 is 0. The van der Waals surface area contributed by atoms with Gasteiger partial charge in [-0.1, -0.05) is 85.0 Å². The van der Waals surface area contributed by atoms with E-state index in [0.717, 1.165) is 27.8 Å². The zero-order valence-electron chi connectivity index (χ0n) is 16.2. The van der Waals surface area contributed by atoms with E-state index in [1.807, 2.05) is 66.7 Å². The largest absolute Gasteiger partial charge is 0.480 e. The molecule has 30 heavy (non-hydrogen) atoms. The third kappa shape index (κ3) is 3.55. The van der Waals surface area contributed by atoms with E-state index < -0.39 is 17.4 Å². The van der Waals surface area contributed by atoms with Crippen LogP contribution in [0.25, 0.3) is 16.7 Å². The van der Waals surface area contributed by atoms with E-state index in [9.17, 15) is 14.7 Å². The van der Waals surface area contributed by atoms with Gasteiger partial charge in [0, 0.05) is 0 Å². The molecule has 1 aliphatic rings. The first-order valence-electron chi connectivity index (χ1n) is 9.62. The maximum atomic E-state index is 12.1. The maximum absolute atomic E-state index is 12.1. The Kier molecular flexibility index (Phi) is 5.07. The van der Waals surface area contributed by atoms with Gasteiger partial charge in [0.2, 0.25) is 0 Å². The highest BCUT2D eigenvalue weighted by atomic mass is 16.4. The van der Waals surface area contributed by atoms with Crippen molar-refractivity contribution in [3.05, 3.63) is 114 Å². The molecule has 0 amide bonds. The Morgan fingerprint density at radius 1 is 0.733 bits per heavy atom. The van der Waals surface area contributed by atoms with Gasteiger partial charge in [-0.2, -0.15) is 0 Å². The lowest BCUT2D eigenvalue weighted by Gasteiger charge is -2.28. The van der Waals surface area contributed by atoms with Crippen LogP contribution in [0.2, 0.25) is 0 Å². The smallest absolute Gasteiger partial charge is 0.335 e. The predicted octanol–water partition coefficient (Wildman–Crippen LogP) is 5.42. The normalized spacial score (nSPS) is 17.9. The molecular weight excluding hydrogens is 376 g/mol. The van der Waals surface area contributed by atoms with E-state index in [-0.39, 0.29) is 5.56 Å². The average molecular weight is 396 g/mol. The topological polar surface area (TPSA) is 74.6 Å². The summed E-state index contributed by atoms with van der Waals surface area (Å²) in [4.78, 5) is 23.1. The van der Waals surface area contributed by atoms with Crippen molar-refractivity contribution in [1.29, 1.82) is 0 Å². The number of aliphatic carboxylic acids is 1. The lowest BCUT2D eigenvalue weighted by Crippen LogP contribution is -2.34. The number of aromatic carboxylic acids is 1. The quantitative estimate of drug-likeness (QED) is 0.604. The summed E-state index contributed by atoms with van der Waals surface area (Å²) in [6.07, 6.45) is 6.01. The van der Waals surface area contributed by atoms with E-state index in [2.05, 4.69) is 0 Å². The summed E-state index contributed by atoms with van der Waals surface area (Å²) in [7, 11) is 0. The molecule has 0 aromatic heterocycles. The summed E-state index contributed by atoms with van der Waals surface area (Å²) in [5.41, 5.74) is 3.89. The molecule has 0 spiro atoms. The Morgan fingerprint density at radius 2 is 1.30 bits per heavy atom. The third-order valence-electron chi connectivity index (χ3n) is 5.55. The summed E-state index contributed by atoms with van der Waals surface area (Å²) < 4.78 is 0. The van der Waals surface area contributed by atoms with Gasteiger partial charge in [-0.05, 0) is 46.4 Å². The van der Waals surface area contributed by atoms with Crippen LogP contribution in [0, 0.1) is 0 Å². The number of carboxylic acid groups (broad SMARTS) is 2. The van der Waals surface area contributed by atoms with Crippen LogP contribution >= 0.6 is 0 Å². The van der Waals surface area contributed by atoms with Crippen LogP contribution in [0.4, 0.5) is 0 Å². The molecule has 3 aromatic carbocycles. The van der Waals surface area contributed by atoms with Crippen LogP contribution in [0.3, 0.4) is 0 Å². The molecule has 0 bridgehead atoms. The SMILES string of the molecule is O=C(O)c1ccc(-c2ccc(C3=CCC(C(=O)O)(c4ccccc4)C=C3)cc2)cc1. The van der Waals surface area contributed by atoms with Crippen LogP contribution in [-0.2, 0) is 10.2 Å². The summed E-state index contributed by atoms with van der Waals surface area (Å²) in [6.45, 7) is 0. The van der Waals surface area contributed by atoms with Gasteiger partial charge >= 0.3 is 11.9 Å². The number of allylic oxidation sites excluding steroid dienone is 3. The second-order valence-electron chi connectivity index (χ2n) is 7.30. The van der Waals surface area contributed by atoms with Crippen molar-refractivity contribution in [2.75, 3.05) is 0 Å². The zero-order chi connectivity index (χ0) is 21.1. The first kappa shape index (κ1) is 19.4. The standard InChI is InChI=1S/C26H20O4/c27-24(28)22-12-10-19(11-13-22)18-6-8-20(9-7-18)21-14-16-26(17-15-21,25(29)30)23-4-2-1-3-5-23/h1-16H,17H2,(H,27,28)(H,29,30). The van der Waals surface area contributed by atoms with Crippen LogP contribution < -0.4 is 0 Å². The number of carbonyl (C=O) groups is 2. The third-order valence-corrected chi connectivity index (χ3v) is 5.55. The van der Waals surface area contributed by atoms with Crippen molar-refractivity contribution in [1.82, 2.24) is 0 Å². The molecule has 0 heterocycles. The van der Waals surface area contributed by atoms with Gasteiger partial charge in [-0.3, -0.25) is 4.79 Å². The molecule has 0 radical (unpaired) electrons. The lowest BCUT2D eigenvalue weighted by atomic mass is 9.74. The molecule has 3 aromatic rings. The molecule has 4 rings (SSSR count). The molecule has 0 saturated heterocycles. The van der Waals surface area contributed by atoms with E-state index in [4.69, 9.17) is 5.11 Å². The van der Waals surface area contributed by atoms with Crippen molar-refractivity contribution < 1.29 is 19.8 Å². The highest BCUT2D eigenvalue weighted by Gasteiger charge is 2.38. The number of hydrogen-bond donors (Lipinski definition) is 2. The lowest BCUT2D eigenvalue weighted by molar-refractivity contribution is -0.141. The summed E-state index contributed by atoms with van der Waals surface area (Å²) in [6, 6.07) is 24.0. The van der Waals surface area contributed by atoms with E-state index >= 15 is 0 Å². The van der Waals surface area contributed by atoms with Crippen molar-refractivity contribution in [2.45, 2.75) is 11.8 Å². The van der Waals surface area contributed by atoms with Gasteiger partial charge < -0.3 is 10.2 Å². The van der Waals surface area contributed by atoms with Crippen LogP contribution in [0.1, 0.15) is 27.9 Å². The molecule has 148 valence electrons. The molecule has 2 N–H and O–H groups in total. The monoisotopic (exact) mass is 396 g/mol. The highest BCUT2D eigenvalue weighted by Crippen LogP contribution is 2.37. The Balaban J connectivity index is 1.57. The molecule has 0 aliphatic heterocycles. The Bertz CT molecular complexity index is 1140. The highest BCUT2D eigenvalue weighted by molar-refractivity contribution is 5.89. The van der Waals surface area contributed by atoms with Crippen LogP contribution in [-0.4, -0.2) is 22.2 Å². The molecule has 1 aliphatic carbocycles. The van der Waals surface area contributed by atoms with Crippen molar-refractivity contribution in [3.63, 3.8) is 0 Å². The van der Waals surface area contributed by atoms with Gasteiger partial charge in [-0.15, -0.1) is 0 Å². The maximum Gasteiger partial charge on any atom is 0.335 e. The molecule has 0 fully saturated rings. The minimum atomic E-state index is -1.05. The summed E-state index contributed by atoms with van der Waals surface area (Å²) in [5, 5.41) is 18.9. The molecule has 0 saturated carbocycles. The van der Waals surface area contributed by atoms with E-state index in [1.165, 1.54) is 0 Å². The van der Waals surface area contributed by atoms with Crippen LogP contribution in [0.15, 0.2) is 97.1 Å². The van der Waals surface area contributed by atoms with Gasteiger partial charge in [0.1, 0.15) is 5.41 Å². The fourth-order valence-electron chi connectivity index (χ4n) is 3.75. The Labute approximate surface area is 174 Å². The molecule has 4 heteroatoms. The Morgan fingerprint density at radius 3 is 1.80 bits per heavy atom.